The zero-order valence-electron chi connectivity index (χ0n) is 17.1. The highest BCUT2D eigenvalue weighted by atomic mass is 16.6. The van der Waals surface area contributed by atoms with Crippen molar-refractivity contribution in [3.63, 3.8) is 0 Å². The molecule has 1 fully saturated rings. The second-order valence-corrected chi connectivity index (χ2v) is 8.78. The largest absolute Gasteiger partial charge is 0.444 e. The number of aldehydes is 1. The molecule has 0 atom stereocenters. The van der Waals surface area contributed by atoms with Gasteiger partial charge < -0.3 is 14.5 Å². The lowest BCUT2D eigenvalue weighted by molar-refractivity contribution is 0.0178. The molecule has 0 spiro atoms. The lowest BCUT2D eigenvalue weighted by Crippen LogP contribution is -2.43. The first-order valence-corrected chi connectivity index (χ1v) is 10.1. The summed E-state index contributed by atoms with van der Waals surface area (Å²) in [7, 11) is 0. The Morgan fingerprint density at radius 3 is 2.57 bits per heavy atom. The van der Waals surface area contributed by atoms with Gasteiger partial charge in [0.05, 0.1) is 0 Å². The molecule has 28 heavy (non-hydrogen) atoms. The van der Waals surface area contributed by atoms with E-state index in [0.29, 0.717) is 31.1 Å². The van der Waals surface area contributed by atoms with Crippen molar-refractivity contribution in [2.45, 2.75) is 52.1 Å². The second kappa shape index (κ2) is 8.33. The molecule has 0 saturated carbocycles. The second-order valence-electron chi connectivity index (χ2n) is 8.78. The molecule has 6 heteroatoms. The van der Waals surface area contributed by atoms with Gasteiger partial charge in [-0.15, -0.1) is 0 Å². The highest BCUT2D eigenvalue weighted by Crippen LogP contribution is 2.25. The van der Waals surface area contributed by atoms with Crippen LogP contribution in [0.15, 0.2) is 18.2 Å². The molecule has 6 nitrogen and oxygen atoms in total. The molecule has 0 unspecified atom stereocenters. The predicted octanol–water partition coefficient (Wildman–Crippen LogP) is 3.53. The zero-order valence-corrected chi connectivity index (χ0v) is 17.1. The van der Waals surface area contributed by atoms with Gasteiger partial charge in [0, 0.05) is 37.3 Å². The van der Waals surface area contributed by atoms with Crippen LogP contribution in [0, 0.1) is 5.92 Å². The first-order chi connectivity index (χ1) is 13.3. The van der Waals surface area contributed by atoms with E-state index >= 15 is 0 Å². The van der Waals surface area contributed by atoms with Crippen LogP contribution in [-0.2, 0) is 11.2 Å². The average Bonchev–Trinajstić information content (AvgIpc) is 2.66. The van der Waals surface area contributed by atoms with Crippen molar-refractivity contribution in [1.82, 2.24) is 9.80 Å². The summed E-state index contributed by atoms with van der Waals surface area (Å²) in [4.78, 5) is 39.5. The van der Waals surface area contributed by atoms with Gasteiger partial charge in [-0.1, -0.05) is 6.07 Å². The van der Waals surface area contributed by atoms with E-state index < -0.39 is 5.60 Å². The van der Waals surface area contributed by atoms with Gasteiger partial charge in [-0.25, -0.2) is 4.79 Å². The number of rotatable bonds is 4. The summed E-state index contributed by atoms with van der Waals surface area (Å²) < 4.78 is 5.44. The van der Waals surface area contributed by atoms with Crippen LogP contribution < -0.4 is 0 Å². The van der Waals surface area contributed by atoms with E-state index in [1.807, 2.05) is 31.7 Å². The number of carbonyl (C=O) groups is 3. The van der Waals surface area contributed by atoms with Crippen molar-refractivity contribution < 1.29 is 19.1 Å². The standard InChI is InChI=1S/C22H30N2O4/c1-22(2,3)28-21(27)24-11-7-16(8-12-24)6-10-23-13-9-18-14-17(15-25)4-5-19(18)20(23)26/h4-5,14-16H,6-13H2,1-3H3. The van der Waals surface area contributed by atoms with E-state index in [9.17, 15) is 14.4 Å². The van der Waals surface area contributed by atoms with Gasteiger partial charge in [0.15, 0.2) is 0 Å². The quantitative estimate of drug-likeness (QED) is 0.743. The number of ether oxygens (including phenoxy) is 1. The van der Waals surface area contributed by atoms with Gasteiger partial charge in [-0.2, -0.15) is 0 Å². The minimum Gasteiger partial charge on any atom is -0.444 e. The third kappa shape index (κ3) is 4.91. The van der Waals surface area contributed by atoms with E-state index in [2.05, 4.69) is 0 Å². The molecule has 0 aliphatic carbocycles. The van der Waals surface area contributed by atoms with E-state index in [1.165, 1.54) is 0 Å². The lowest BCUT2D eigenvalue weighted by Gasteiger charge is -2.35. The Balaban J connectivity index is 1.47. The molecular weight excluding hydrogens is 356 g/mol. The predicted molar refractivity (Wildman–Crippen MR) is 107 cm³/mol. The molecule has 2 amide bonds. The Bertz CT molecular complexity index is 745. The first kappa shape index (κ1) is 20.4. The van der Waals surface area contributed by atoms with Crippen LogP contribution in [0.1, 0.15) is 66.3 Å². The first-order valence-electron chi connectivity index (χ1n) is 10.1. The van der Waals surface area contributed by atoms with Gasteiger partial charge in [-0.3, -0.25) is 9.59 Å². The lowest BCUT2D eigenvalue weighted by atomic mass is 9.92. The Kier molecular flexibility index (Phi) is 6.06. The summed E-state index contributed by atoms with van der Waals surface area (Å²) in [5, 5.41) is 0. The van der Waals surface area contributed by atoms with E-state index in [4.69, 9.17) is 4.74 Å². The van der Waals surface area contributed by atoms with Gasteiger partial charge >= 0.3 is 6.09 Å². The fourth-order valence-electron chi connectivity index (χ4n) is 3.91. The molecule has 1 aromatic rings. The molecule has 0 bridgehead atoms. The maximum absolute atomic E-state index is 12.7. The number of nitrogens with zero attached hydrogens (tertiary/aromatic N) is 2. The van der Waals surface area contributed by atoms with Crippen LogP contribution in [0.25, 0.3) is 0 Å². The maximum Gasteiger partial charge on any atom is 0.410 e. The third-order valence-electron chi connectivity index (χ3n) is 5.51. The van der Waals surface area contributed by atoms with Crippen LogP contribution in [0.3, 0.4) is 0 Å². The molecule has 3 rings (SSSR count). The Hall–Kier alpha value is -2.37. The van der Waals surface area contributed by atoms with Crippen LogP contribution in [0.5, 0.6) is 0 Å². The third-order valence-corrected chi connectivity index (χ3v) is 5.51. The molecule has 2 aliphatic heterocycles. The fraction of sp³-hybridized carbons (Fsp3) is 0.591. The fourth-order valence-corrected chi connectivity index (χ4v) is 3.91. The molecule has 0 radical (unpaired) electrons. The average molecular weight is 386 g/mol. The van der Waals surface area contributed by atoms with Crippen molar-refractivity contribution in [3.05, 3.63) is 34.9 Å². The highest BCUT2D eigenvalue weighted by Gasteiger charge is 2.29. The Morgan fingerprint density at radius 2 is 1.93 bits per heavy atom. The molecule has 152 valence electrons. The zero-order chi connectivity index (χ0) is 20.3. The van der Waals surface area contributed by atoms with Crippen LogP contribution >= 0.6 is 0 Å². The Morgan fingerprint density at radius 1 is 1.21 bits per heavy atom. The number of hydrogen-bond acceptors (Lipinski definition) is 4. The molecule has 1 aromatic carbocycles. The minimum atomic E-state index is -0.467. The molecule has 0 N–H and O–H groups in total. The van der Waals surface area contributed by atoms with Gasteiger partial charge in [-0.05, 0) is 70.1 Å². The van der Waals surface area contributed by atoms with Crippen molar-refractivity contribution in [2.24, 2.45) is 5.92 Å². The van der Waals surface area contributed by atoms with Gasteiger partial charge in [0.2, 0.25) is 0 Å². The van der Waals surface area contributed by atoms with E-state index in [1.54, 1.807) is 17.0 Å². The topological polar surface area (TPSA) is 66.9 Å². The SMILES string of the molecule is CC(C)(C)OC(=O)N1CCC(CCN2CCc3cc(C=O)ccc3C2=O)CC1. The van der Waals surface area contributed by atoms with Crippen molar-refractivity contribution in [3.8, 4) is 0 Å². The minimum absolute atomic E-state index is 0.0601. The normalized spacial score (nSPS) is 18.0. The smallest absolute Gasteiger partial charge is 0.410 e. The molecule has 1 saturated heterocycles. The number of amides is 2. The van der Waals surface area contributed by atoms with Crippen LogP contribution in [-0.4, -0.2) is 59.9 Å². The van der Waals surface area contributed by atoms with Gasteiger partial charge in [0.1, 0.15) is 11.9 Å². The number of benzene rings is 1. The summed E-state index contributed by atoms with van der Waals surface area (Å²) in [6, 6.07) is 5.30. The van der Waals surface area contributed by atoms with E-state index in [-0.39, 0.29) is 12.0 Å². The molecule has 2 heterocycles. The number of fused-ring (bicyclic) bond motifs is 1. The molecule has 0 aromatic heterocycles. The summed E-state index contributed by atoms with van der Waals surface area (Å²) in [5.74, 6) is 0.579. The number of piperidine rings is 1. The monoisotopic (exact) mass is 386 g/mol. The van der Waals surface area contributed by atoms with Crippen LogP contribution in [0.4, 0.5) is 4.79 Å². The number of carbonyl (C=O) groups excluding carboxylic acids is 3. The number of likely N-dealkylation sites (tertiary alicyclic amines) is 1. The molecule has 2 aliphatic rings. The van der Waals surface area contributed by atoms with Crippen molar-refractivity contribution in [1.29, 1.82) is 0 Å². The summed E-state index contributed by atoms with van der Waals surface area (Å²) >= 11 is 0. The molecular formula is C22H30N2O4. The highest BCUT2D eigenvalue weighted by molar-refractivity contribution is 5.97. The summed E-state index contributed by atoms with van der Waals surface area (Å²) in [6.45, 7) is 8.51. The van der Waals surface area contributed by atoms with Crippen molar-refractivity contribution >= 4 is 18.3 Å². The van der Waals surface area contributed by atoms with Crippen LogP contribution in [0.2, 0.25) is 0 Å². The van der Waals surface area contributed by atoms with Gasteiger partial charge in [0.25, 0.3) is 5.91 Å². The van der Waals surface area contributed by atoms with E-state index in [0.717, 1.165) is 49.6 Å². The summed E-state index contributed by atoms with van der Waals surface area (Å²) in [6.07, 6.45) is 4.22. The number of hydrogen-bond donors (Lipinski definition) is 0. The Labute approximate surface area is 166 Å². The van der Waals surface area contributed by atoms with Crippen molar-refractivity contribution in [2.75, 3.05) is 26.2 Å². The summed E-state index contributed by atoms with van der Waals surface area (Å²) in [5.41, 5.74) is 1.84. The maximum atomic E-state index is 12.7.